The fourth-order valence-electron chi connectivity index (χ4n) is 2.29. The molecular formula is C13H18ClF3N2O2S2. The van der Waals surface area contributed by atoms with E-state index in [9.17, 15) is 21.6 Å². The maximum atomic E-state index is 12.3. The number of nitrogens with one attached hydrogen (secondary N) is 2. The van der Waals surface area contributed by atoms with Crippen LogP contribution in [0, 0.1) is 0 Å². The van der Waals surface area contributed by atoms with Crippen molar-refractivity contribution in [3.63, 3.8) is 0 Å². The van der Waals surface area contributed by atoms with Gasteiger partial charge in [0.05, 0.1) is 4.90 Å². The molecule has 0 saturated carbocycles. The summed E-state index contributed by atoms with van der Waals surface area (Å²) in [6.07, 6.45) is 1.61. The summed E-state index contributed by atoms with van der Waals surface area (Å²) in [4.78, 5) is -0.0732. The lowest BCUT2D eigenvalue weighted by Crippen LogP contribution is -2.51. The van der Waals surface area contributed by atoms with Gasteiger partial charge in [0.2, 0.25) is 10.0 Å². The van der Waals surface area contributed by atoms with Crippen molar-refractivity contribution in [1.82, 2.24) is 10.0 Å². The van der Waals surface area contributed by atoms with E-state index in [-0.39, 0.29) is 46.0 Å². The number of hydrogen-bond acceptors (Lipinski definition) is 4. The second kappa shape index (κ2) is 8.06. The Hall–Kier alpha value is -0.480. The van der Waals surface area contributed by atoms with Gasteiger partial charge in [-0.1, -0.05) is 0 Å². The highest BCUT2D eigenvalue weighted by Crippen LogP contribution is 2.36. The van der Waals surface area contributed by atoms with Crippen LogP contribution >= 0.6 is 24.2 Å². The van der Waals surface area contributed by atoms with Crippen LogP contribution in [0.15, 0.2) is 34.1 Å². The number of piperidine rings is 1. The topological polar surface area (TPSA) is 58.2 Å². The van der Waals surface area contributed by atoms with Crippen LogP contribution < -0.4 is 10.0 Å². The molecule has 1 aliphatic heterocycles. The van der Waals surface area contributed by atoms with Crippen LogP contribution in [0.25, 0.3) is 0 Å². The van der Waals surface area contributed by atoms with Gasteiger partial charge in [-0.05, 0) is 62.3 Å². The van der Waals surface area contributed by atoms with Gasteiger partial charge in [-0.25, -0.2) is 13.1 Å². The summed E-state index contributed by atoms with van der Waals surface area (Å²) >= 11 is -0.269. The summed E-state index contributed by atoms with van der Waals surface area (Å²) in [5, 5.41) is 3.19. The first-order valence-corrected chi connectivity index (χ1v) is 9.09. The zero-order valence-corrected chi connectivity index (χ0v) is 14.7. The van der Waals surface area contributed by atoms with Gasteiger partial charge >= 0.3 is 5.51 Å². The number of halogens is 4. The van der Waals surface area contributed by atoms with Gasteiger partial charge in [-0.2, -0.15) is 13.2 Å². The predicted molar refractivity (Wildman–Crippen MR) is 86.4 cm³/mol. The first kappa shape index (κ1) is 20.6. The standard InChI is InChI=1S/C13H17F3N2O2S2.ClH/c1-9-12(3-2-8-17-9)18-22(19,20)11-6-4-10(5-7-11)21-13(14,15)16;/h4-7,9,12,17-18H,2-3,8H2,1H3;1H. The number of alkyl halides is 3. The molecule has 1 aliphatic rings. The van der Waals surface area contributed by atoms with Gasteiger partial charge in [0, 0.05) is 17.0 Å². The second-order valence-electron chi connectivity index (χ2n) is 5.13. The minimum absolute atomic E-state index is 0. The lowest BCUT2D eigenvalue weighted by Gasteiger charge is -2.30. The van der Waals surface area contributed by atoms with Gasteiger partial charge < -0.3 is 5.32 Å². The summed E-state index contributed by atoms with van der Waals surface area (Å²) in [6.45, 7) is 2.75. The van der Waals surface area contributed by atoms with Crippen LogP contribution in [0.2, 0.25) is 0 Å². The van der Waals surface area contributed by atoms with Crippen molar-refractivity contribution in [1.29, 1.82) is 0 Å². The molecule has 0 amide bonds. The highest BCUT2D eigenvalue weighted by molar-refractivity contribution is 8.00. The van der Waals surface area contributed by atoms with Crippen LogP contribution in [0.1, 0.15) is 19.8 Å². The molecule has 23 heavy (non-hydrogen) atoms. The summed E-state index contributed by atoms with van der Waals surface area (Å²) in [6, 6.07) is 4.51. The smallest absolute Gasteiger partial charge is 0.313 e. The molecular weight excluding hydrogens is 373 g/mol. The maximum absolute atomic E-state index is 12.3. The number of benzene rings is 1. The number of rotatable bonds is 4. The van der Waals surface area contributed by atoms with Gasteiger partial charge in [0.25, 0.3) is 0 Å². The minimum atomic E-state index is -4.39. The zero-order chi connectivity index (χ0) is 16.4. The van der Waals surface area contributed by atoms with Gasteiger partial charge in [-0.15, -0.1) is 12.4 Å². The molecule has 132 valence electrons. The predicted octanol–water partition coefficient (Wildman–Crippen LogP) is 3.14. The number of sulfonamides is 1. The Morgan fingerprint density at radius 2 is 1.87 bits per heavy atom. The van der Waals surface area contributed by atoms with Crippen LogP contribution in [0.5, 0.6) is 0 Å². The van der Waals surface area contributed by atoms with E-state index in [0.717, 1.165) is 31.5 Å². The molecule has 10 heteroatoms. The first-order valence-electron chi connectivity index (χ1n) is 6.79. The third-order valence-electron chi connectivity index (χ3n) is 3.44. The van der Waals surface area contributed by atoms with Crippen LogP contribution in [-0.2, 0) is 10.0 Å². The van der Waals surface area contributed by atoms with Crippen molar-refractivity contribution >= 4 is 34.2 Å². The van der Waals surface area contributed by atoms with E-state index in [1.807, 2.05) is 6.92 Å². The Morgan fingerprint density at radius 1 is 1.26 bits per heavy atom. The molecule has 1 heterocycles. The van der Waals surface area contributed by atoms with Crippen molar-refractivity contribution in [2.45, 2.75) is 47.1 Å². The van der Waals surface area contributed by atoms with E-state index < -0.39 is 15.5 Å². The average molecular weight is 391 g/mol. The lowest BCUT2D eigenvalue weighted by atomic mass is 10.0. The maximum Gasteiger partial charge on any atom is 0.446 e. The molecule has 1 aromatic carbocycles. The average Bonchev–Trinajstić information content (AvgIpc) is 2.40. The molecule has 1 fully saturated rings. The van der Waals surface area contributed by atoms with Crippen molar-refractivity contribution in [2.24, 2.45) is 0 Å². The Labute approximate surface area is 144 Å². The zero-order valence-electron chi connectivity index (χ0n) is 12.3. The van der Waals surface area contributed by atoms with E-state index in [2.05, 4.69) is 10.0 Å². The van der Waals surface area contributed by atoms with Crippen LogP contribution in [0.3, 0.4) is 0 Å². The fourth-order valence-corrected chi connectivity index (χ4v) is 4.18. The summed E-state index contributed by atoms with van der Waals surface area (Å²) in [5.41, 5.74) is -4.39. The highest BCUT2D eigenvalue weighted by Gasteiger charge is 2.30. The molecule has 0 spiro atoms. The van der Waals surface area contributed by atoms with E-state index in [4.69, 9.17) is 0 Å². The molecule has 4 nitrogen and oxygen atoms in total. The normalized spacial score (nSPS) is 22.4. The third-order valence-corrected chi connectivity index (χ3v) is 5.68. The quantitative estimate of drug-likeness (QED) is 0.775. The molecule has 1 saturated heterocycles. The molecule has 0 aliphatic carbocycles. The molecule has 0 bridgehead atoms. The third kappa shape index (κ3) is 6.15. The summed E-state index contributed by atoms with van der Waals surface area (Å²) < 4.78 is 63.9. The Kier molecular flexibility index (Phi) is 7.21. The van der Waals surface area contributed by atoms with Gasteiger partial charge in [0.15, 0.2) is 0 Å². The van der Waals surface area contributed by atoms with Crippen LogP contribution in [-0.4, -0.2) is 32.6 Å². The molecule has 2 N–H and O–H groups in total. The molecule has 1 aromatic rings. The van der Waals surface area contributed by atoms with E-state index in [0.29, 0.717) is 0 Å². The van der Waals surface area contributed by atoms with Crippen LogP contribution in [0.4, 0.5) is 13.2 Å². The monoisotopic (exact) mass is 390 g/mol. The summed E-state index contributed by atoms with van der Waals surface area (Å²) in [7, 11) is -3.73. The molecule has 0 aromatic heterocycles. The Bertz CT molecular complexity index is 609. The van der Waals surface area contributed by atoms with E-state index in [1.54, 1.807) is 0 Å². The van der Waals surface area contributed by atoms with E-state index >= 15 is 0 Å². The summed E-state index contributed by atoms with van der Waals surface area (Å²) in [5.74, 6) is 0. The van der Waals surface area contributed by atoms with Gasteiger partial charge in [0.1, 0.15) is 0 Å². The second-order valence-corrected chi connectivity index (χ2v) is 7.98. The Morgan fingerprint density at radius 3 is 2.39 bits per heavy atom. The fraction of sp³-hybridized carbons (Fsp3) is 0.538. The van der Waals surface area contributed by atoms with Crippen molar-refractivity contribution < 1.29 is 21.6 Å². The SMILES string of the molecule is CC1NCCCC1NS(=O)(=O)c1ccc(SC(F)(F)F)cc1.Cl. The number of hydrogen-bond donors (Lipinski definition) is 2. The van der Waals surface area contributed by atoms with Crippen molar-refractivity contribution in [2.75, 3.05) is 6.54 Å². The lowest BCUT2D eigenvalue weighted by molar-refractivity contribution is -0.0328. The molecule has 0 radical (unpaired) electrons. The molecule has 2 rings (SSSR count). The van der Waals surface area contributed by atoms with E-state index in [1.165, 1.54) is 12.1 Å². The largest absolute Gasteiger partial charge is 0.446 e. The molecule has 2 unspecified atom stereocenters. The molecule has 2 atom stereocenters. The number of thioether (sulfide) groups is 1. The van der Waals surface area contributed by atoms with Crippen molar-refractivity contribution in [3.8, 4) is 0 Å². The first-order chi connectivity index (χ1) is 10.2. The minimum Gasteiger partial charge on any atom is -0.313 e. The highest BCUT2D eigenvalue weighted by atomic mass is 35.5. The Balaban J connectivity index is 0.00000264. The van der Waals surface area contributed by atoms with Gasteiger partial charge in [-0.3, -0.25) is 0 Å². The van der Waals surface area contributed by atoms with Crippen molar-refractivity contribution in [3.05, 3.63) is 24.3 Å².